The van der Waals surface area contributed by atoms with Gasteiger partial charge in [-0.15, -0.1) is 11.3 Å². The van der Waals surface area contributed by atoms with Crippen molar-refractivity contribution in [2.45, 2.75) is 27.5 Å². The zero-order valence-corrected chi connectivity index (χ0v) is 18.7. The van der Waals surface area contributed by atoms with Crippen LogP contribution in [-0.4, -0.2) is 22.6 Å². The number of aryl methyl sites for hydroxylation is 1. The number of carbonyl (C=O) groups excluding carboxylic acids is 2. The molecule has 0 saturated carbocycles. The lowest BCUT2D eigenvalue weighted by Crippen LogP contribution is -2.14. The Morgan fingerprint density at radius 2 is 1.90 bits per heavy atom. The summed E-state index contributed by atoms with van der Waals surface area (Å²) < 4.78 is 0.748. The number of para-hydroxylation sites is 1. The highest BCUT2D eigenvalue weighted by molar-refractivity contribution is 8.01. The normalized spacial score (nSPS) is 10.7. The molecule has 3 N–H and O–H groups in total. The van der Waals surface area contributed by atoms with Crippen LogP contribution in [0.4, 0.5) is 5.69 Å². The van der Waals surface area contributed by atoms with E-state index in [4.69, 9.17) is 17.3 Å². The van der Waals surface area contributed by atoms with Crippen molar-refractivity contribution in [2.75, 3.05) is 11.1 Å². The zero-order chi connectivity index (χ0) is 20.8. The first-order valence-electron chi connectivity index (χ1n) is 8.60. The van der Waals surface area contributed by atoms with Crippen molar-refractivity contribution in [3.8, 4) is 0 Å². The fraction of sp³-hybridized carbons (Fsp3) is 0.150. The predicted molar refractivity (Wildman–Crippen MR) is 121 cm³/mol. The van der Waals surface area contributed by atoms with E-state index in [0.29, 0.717) is 5.02 Å². The molecular formula is C20H18ClN3O2S3. The molecule has 9 heteroatoms. The summed E-state index contributed by atoms with van der Waals surface area (Å²) in [5.41, 5.74) is 6.78. The van der Waals surface area contributed by atoms with E-state index < -0.39 is 0 Å². The monoisotopic (exact) mass is 463 g/mol. The topological polar surface area (TPSA) is 85.1 Å². The number of nitrogens with zero attached hydrogens (tertiary/aromatic N) is 1. The Morgan fingerprint density at radius 1 is 1.17 bits per heavy atom. The molecule has 0 fully saturated rings. The van der Waals surface area contributed by atoms with E-state index in [1.165, 1.54) is 23.1 Å². The highest BCUT2D eigenvalue weighted by Gasteiger charge is 2.13. The molecule has 0 atom stereocenters. The number of thioether (sulfide) groups is 1. The molecule has 2 amide bonds. The van der Waals surface area contributed by atoms with Gasteiger partial charge in [-0.05, 0) is 43.3 Å². The van der Waals surface area contributed by atoms with E-state index >= 15 is 0 Å². The minimum absolute atomic E-state index is 0.122. The van der Waals surface area contributed by atoms with E-state index in [9.17, 15) is 9.59 Å². The maximum absolute atomic E-state index is 12.4. The Balaban J connectivity index is 1.61. The number of rotatable bonds is 8. The van der Waals surface area contributed by atoms with Crippen LogP contribution in [0.1, 0.15) is 10.6 Å². The van der Waals surface area contributed by atoms with E-state index in [1.54, 1.807) is 11.8 Å². The molecule has 0 bridgehead atoms. The number of thiazole rings is 1. The number of nitrogens with two attached hydrogens (primary N) is 1. The van der Waals surface area contributed by atoms with Gasteiger partial charge in [0.05, 0.1) is 23.6 Å². The molecule has 3 aromatic rings. The second kappa shape index (κ2) is 10.2. The fourth-order valence-corrected chi connectivity index (χ4v) is 5.46. The first-order valence-corrected chi connectivity index (χ1v) is 11.6. The van der Waals surface area contributed by atoms with Crippen molar-refractivity contribution >= 4 is 64.0 Å². The third-order valence-corrected chi connectivity index (χ3v) is 7.37. The molecule has 1 heterocycles. The maximum Gasteiger partial charge on any atom is 0.234 e. The molecule has 0 spiro atoms. The average molecular weight is 464 g/mol. The number of benzene rings is 2. The van der Waals surface area contributed by atoms with E-state index in [0.717, 1.165) is 30.4 Å². The summed E-state index contributed by atoms with van der Waals surface area (Å²) in [5, 5.41) is 3.65. The molecule has 0 aliphatic carbocycles. The molecule has 1 aromatic heterocycles. The van der Waals surface area contributed by atoms with Gasteiger partial charge in [-0.1, -0.05) is 47.3 Å². The minimum atomic E-state index is -0.388. The number of hydrogen-bond donors (Lipinski definition) is 2. The average Bonchev–Trinajstić information content (AvgIpc) is 3.02. The highest BCUT2D eigenvalue weighted by atomic mass is 35.5. The fourth-order valence-electron chi connectivity index (χ4n) is 2.39. The molecule has 29 heavy (non-hydrogen) atoms. The Bertz CT molecular complexity index is 1020. The van der Waals surface area contributed by atoms with Gasteiger partial charge >= 0.3 is 0 Å². The van der Waals surface area contributed by atoms with Gasteiger partial charge in [0.1, 0.15) is 0 Å². The number of primary amides is 1. The number of hydrogen-bond acceptors (Lipinski definition) is 6. The third-order valence-electron chi connectivity index (χ3n) is 3.74. The lowest BCUT2D eigenvalue weighted by molar-refractivity contribution is -0.117. The van der Waals surface area contributed by atoms with Gasteiger partial charge in [-0.2, -0.15) is 0 Å². The van der Waals surface area contributed by atoms with Crippen molar-refractivity contribution in [2.24, 2.45) is 5.73 Å². The summed E-state index contributed by atoms with van der Waals surface area (Å²) in [6, 6.07) is 15.2. The molecule has 3 rings (SSSR count). The number of nitrogens with one attached hydrogen (secondary N) is 1. The largest absolute Gasteiger partial charge is 0.369 e. The summed E-state index contributed by atoms with van der Waals surface area (Å²) in [4.78, 5) is 30.8. The minimum Gasteiger partial charge on any atom is -0.369 e. The summed E-state index contributed by atoms with van der Waals surface area (Å²) in [5.74, 6) is -0.285. The van der Waals surface area contributed by atoms with Crippen LogP contribution in [0.5, 0.6) is 0 Å². The van der Waals surface area contributed by atoms with Gasteiger partial charge < -0.3 is 11.1 Å². The van der Waals surface area contributed by atoms with Crippen LogP contribution in [-0.2, 0) is 16.0 Å². The third kappa shape index (κ3) is 6.50. The molecule has 0 unspecified atom stereocenters. The van der Waals surface area contributed by atoms with E-state index in [2.05, 4.69) is 10.3 Å². The SMILES string of the molecule is Cc1nc(SCC(=O)Nc2ccccc2Sc2ccc(Cl)cc2)sc1CC(N)=O. The van der Waals surface area contributed by atoms with Crippen molar-refractivity contribution in [3.05, 3.63) is 64.1 Å². The Labute approximate surface area is 186 Å². The second-order valence-electron chi connectivity index (χ2n) is 6.02. The van der Waals surface area contributed by atoms with Crippen molar-refractivity contribution in [1.82, 2.24) is 4.98 Å². The molecule has 5 nitrogen and oxygen atoms in total. The van der Waals surface area contributed by atoms with E-state index in [1.807, 2.05) is 55.5 Å². The zero-order valence-electron chi connectivity index (χ0n) is 15.5. The smallest absolute Gasteiger partial charge is 0.234 e. The number of halogens is 1. The van der Waals surface area contributed by atoms with Crippen LogP contribution in [0.15, 0.2) is 62.7 Å². The molecule has 0 saturated heterocycles. The number of aromatic nitrogens is 1. The highest BCUT2D eigenvalue weighted by Crippen LogP contribution is 2.34. The molecule has 2 aromatic carbocycles. The quantitative estimate of drug-likeness (QED) is 0.458. The molecule has 0 radical (unpaired) electrons. The van der Waals surface area contributed by atoms with Crippen LogP contribution < -0.4 is 11.1 Å². The lowest BCUT2D eigenvalue weighted by atomic mass is 10.3. The van der Waals surface area contributed by atoms with Gasteiger partial charge in [0.2, 0.25) is 11.8 Å². The molecular weight excluding hydrogens is 446 g/mol. The standard InChI is InChI=1S/C20H18ClN3O2S3/c1-12-17(10-18(22)25)29-20(23-12)27-11-19(26)24-15-4-2-3-5-16(15)28-14-8-6-13(21)7-9-14/h2-9H,10-11H2,1H3,(H2,22,25)(H,24,26). The van der Waals surface area contributed by atoms with Gasteiger partial charge in [-0.3, -0.25) is 9.59 Å². The predicted octanol–water partition coefficient (Wildman–Crippen LogP) is 5.01. The number of anilines is 1. The summed E-state index contributed by atoms with van der Waals surface area (Å²) in [6.45, 7) is 1.84. The van der Waals surface area contributed by atoms with E-state index in [-0.39, 0.29) is 24.0 Å². The number of carbonyl (C=O) groups is 2. The van der Waals surface area contributed by atoms with Crippen LogP contribution in [0.2, 0.25) is 5.02 Å². The summed E-state index contributed by atoms with van der Waals surface area (Å²) in [6.07, 6.45) is 0.172. The maximum atomic E-state index is 12.4. The van der Waals surface area contributed by atoms with Gasteiger partial charge in [0.15, 0.2) is 4.34 Å². The Morgan fingerprint density at radius 3 is 2.62 bits per heavy atom. The van der Waals surface area contributed by atoms with Gasteiger partial charge in [0, 0.05) is 19.7 Å². The molecule has 0 aliphatic rings. The van der Waals surface area contributed by atoms with Crippen LogP contribution >= 0.6 is 46.5 Å². The van der Waals surface area contributed by atoms with Crippen LogP contribution in [0.25, 0.3) is 0 Å². The summed E-state index contributed by atoms with van der Waals surface area (Å²) >= 11 is 10.2. The first kappa shape index (κ1) is 21.7. The Kier molecular flexibility index (Phi) is 7.60. The van der Waals surface area contributed by atoms with Crippen molar-refractivity contribution in [1.29, 1.82) is 0 Å². The van der Waals surface area contributed by atoms with Crippen LogP contribution in [0.3, 0.4) is 0 Å². The summed E-state index contributed by atoms with van der Waals surface area (Å²) in [7, 11) is 0. The van der Waals surface area contributed by atoms with Crippen LogP contribution in [0, 0.1) is 6.92 Å². The Hall–Kier alpha value is -2.00. The molecule has 150 valence electrons. The number of amides is 2. The van der Waals surface area contributed by atoms with Gasteiger partial charge in [0.25, 0.3) is 0 Å². The van der Waals surface area contributed by atoms with Crippen molar-refractivity contribution in [3.63, 3.8) is 0 Å². The van der Waals surface area contributed by atoms with Crippen molar-refractivity contribution < 1.29 is 9.59 Å². The molecule has 0 aliphatic heterocycles. The lowest BCUT2D eigenvalue weighted by Gasteiger charge is -2.10. The van der Waals surface area contributed by atoms with Gasteiger partial charge in [-0.25, -0.2) is 4.98 Å². The second-order valence-corrected chi connectivity index (χ2v) is 9.88. The first-order chi connectivity index (χ1) is 13.9.